The molecule has 1 unspecified atom stereocenters. The van der Waals surface area contributed by atoms with Crippen molar-refractivity contribution < 1.29 is 9.59 Å². The Hall–Kier alpha value is -1.36. The van der Waals surface area contributed by atoms with Crippen molar-refractivity contribution in [3.63, 3.8) is 0 Å². The van der Waals surface area contributed by atoms with E-state index in [1.165, 1.54) is 0 Å². The number of benzene rings is 1. The molecule has 4 nitrogen and oxygen atoms in total. The van der Waals surface area contributed by atoms with Gasteiger partial charge >= 0.3 is 0 Å². The second-order valence-corrected chi connectivity index (χ2v) is 4.80. The number of hydrogen-bond acceptors (Lipinski definition) is 2. The van der Waals surface area contributed by atoms with Crippen LogP contribution in [-0.4, -0.2) is 24.4 Å². The summed E-state index contributed by atoms with van der Waals surface area (Å²) in [7, 11) is 0. The van der Waals surface area contributed by atoms with E-state index in [1.54, 1.807) is 4.90 Å². The summed E-state index contributed by atoms with van der Waals surface area (Å²) in [6, 6.07) is 7.01. The van der Waals surface area contributed by atoms with Crippen molar-refractivity contribution in [1.29, 1.82) is 0 Å². The number of carbonyl (C=O) groups is 2. The van der Waals surface area contributed by atoms with Gasteiger partial charge in [0.15, 0.2) is 0 Å². The zero-order valence-electron chi connectivity index (χ0n) is 9.44. The van der Waals surface area contributed by atoms with E-state index in [1.807, 2.05) is 31.2 Å². The van der Waals surface area contributed by atoms with Crippen molar-refractivity contribution in [3.8, 4) is 0 Å². The summed E-state index contributed by atoms with van der Waals surface area (Å²) in [5, 5.41) is 2.61. The highest BCUT2D eigenvalue weighted by molar-refractivity contribution is 9.10. The van der Waals surface area contributed by atoms with Crippen LogP contribution in [0, 0.1) is 0 Å². The second-order valence-electron chi connectivity index (χ2n) is 3.89. The monoisotopic (exact) mass is 296 g/mol. The molecule has 1 fully saturated rings. The van der Waals surface area contributed by atoms with Crippen LogP contribution < -0.4 is 10.2 Å². The number of nitrogens with zero attached hydrogens (tertiary/aromatic N) is 1. The van der Waals surface area contributed by atoms with Crippen molar-refractivity contribution in [2.24, 2.45) is 0 Å². The molecule has 1 aromatic rings. The van der Waals surface area contributed by atoms with Gasteiger partial charge in [-0.15, -0.1) is 0 Å². The first-order valence-electron chi connectivity index (χ1n) is 5.49. The van der Waals surface area contributed by atoms with Crippen LogP contribution in [0.4, 0.5) is 5.69 Å². The van der Waals surface area contributed by atoms with Crippen molar-refractivity contribution in [1.82, 2.24) is 5.32 Å². The maximum atomic E-state index is 11.9. The first-order valence-corrected chi connectivity index (χ1v) is 6.28. The Balaban J connectivity index is 2.39. The first-order chi connectivity index (χ1) is 8.13. The quantitative estimate of drug-likeness (QED) is 0.903. The van der Waals surface area contributed by atoms with Gasteiger partial charge in [0.05, 0.1) is 6.54 Å². The molecule has 2 amide bonds. The van der Waals surface area contributed by atoms with Crippen LogP contribution in [0.15, 0.2) is 28.7 Å². The molecule has 17 heavy (non-hydrogen) atoms. The lowest BCUT2D eigenvalue weighted by Gasteiger charge is -2.34. The van der Waals surface area contributed by atoms with E-state index >= 15 is 0 Å². The molecule has 1 N–H and O–H groups in total. The maximum absolute atomic E-state index is 11.9. The molecule has 0 bridgehead atoms. The molecule has 0 aromatic heterocycles. The van der Waals surface area contributed by atoms with E-state index in [0.717, 1.165) is 10.2 Å². The zero-order chi connectivity index (χ0) is 12.4. The smallest absolute Gasteiger partial charge is 0.247 e. The fourth-order valence-electron chi connectivity index (χ4n) is 1.97. The molecule has 1 aliphatic rings. The number of carbonyl (C=O) groups excluding carboxylic acids is 2. The SMILES string of the molecule is CCC1C(=O)NCC(=O)N1c1cccc(Br)c1. The van der Waals surface area contributed by atoms with Gasteiger partial charge in [0.25, 0.3) is 0 Å². The van der Waals surface area contributed by atoms with Crippen LogP contribution in [0.2, 0.25) is 0 Å². The predicted octanol–water partition coefficient (Wildman–Crippen LogP) is 1.69. The lowest BCUT2D eigenvalue weighted by atomic mass is 10.1. The van der Waals surface area contributed by atoms with Gasteiger partial charge in [-0.3, -0.25) is 14.5 Å². The van der Waals surface area contributed by atoms with Crippen molar-refractivity contribution in [3.05, 3.63) is 28.7 Å². The van der Waals surface area contributed by atoms with E-state index < -0.39 is 6.04 Å². The zero-order valence-corrected chi connectivity index (χ0v) is 11.0. The molecule has 1 aliphatic heterocycles. The minimum absolute atomic E-state index is 0.0713. The molecular weight excluding hydrogens is 284 g/mol. The number of piperazine rings is 1. The molecule has 0 saturated carbocycles. The number of hydrogen-bond donors (Lipinski definition) is 1. The number of amides is 2. The Labute approximate surface area is 108 Å². The molecule has 0 radical (unpaired) electrons. The lowest BCUT2D eigenvalue weighted by Crippen LogP contribution is -2.58. The second kappa shape index (κ2) is 4.87. The van der Waals surface area contributed by atoms with E-state index in [4.69, 9.17) is 0 Å². The number of halogens is 1. The van der Waals surface area contributed by atoms with Gasteiger partial charge in [0.1, 0.15) is 6.04 Å². The van der Waals surface area contributed by atoms with E-state index in [2.05, 4.69) is 21.2 Å². The standard InChI is InChI=1S/C12H13BrN2O2/c1-2-10-12(17)14-7-11(16)15(10)9-5-3-4-8(13)6-9/h3-6,10H,2,7H2,1H3,(H,14,17). The average Bonchev–Trinajstić information content (AvgIpc) is 2.31. The summed E-state index contributed by atoms with van der Waals surface area (Å²) in [6.45, 7) is 1.97. The van der Waals surface area contributed by atoms with Crippen LogP contribution >= 0.6 is 15.9 Å². The molecule has 0 aliphatic carbocycles. The van der Waals surface area contributed by atoms with Crippen LogP contribution in [0.3, 0.4) is 0 Å². The van der Waals surface area contributed by atoms with Crippen molar-refractivity contribution in [2.45, 2.75) is 19.4 Å². The third-order valence-electron chi connectivity index (χ3n) is 2.77. The Bertz CT molecular complexity index is 462. The average molecular weight is 297 g/mol. The molecule has 1 aromatic carbocycles. The molecule has 0 spiro atoms. The van der Waals surface area contributed by atoms with Gasteiger partial charge in [0.2, 0.25) is 11.8 Å². The summed E-state index contributed by atoms with van der Waals surface area (Å²) >= 11 is 3.37. The fourth-order valence-corrected chi connectivity index (χ4v) is 2.36. The largest absolute Gasteiger partial charge is 0.345 e. The molecule has 1 saturated heterocycles. The summed E-state index contributed by atoms with van der Waals surface area (Å²) < 4.78 is 0.892. The van der Waals surface area contributed by atoms with Crippen LogP contribution in [-0.2, 0) is 9.59 Å². The van der Waals surface area contributed by atoms with Gasteiger partial charge in [0, 0.05) is 10.2 Å². The third kappa shape index (κ3) is 2.34. The highest BCUT2D eigenvalue weighted by atomic mass is 79.9. The van der Waals surface area contributed by atoms with Gasteiger partial charge in [-0.25, -0.2) is 0 Å². The number of rotatable bonds is 2. The summed E-state index contributed by atoms with van der Waals surface area (Å²) in [5.41, 5.74) is 0.756. The summed E-state index contributed by atoms with van der Waals surface area (Å²) in [6.07, 6.45) is 0.601. The Morgan fingerprint density at radius 1 is 1.47 bits per heavy atom. The normalized spacial score (nSPS) is 20.4. The number of nitrogens with one attached hydrogen (secondary N) is 1. The number of anilines is 1. The van der Waals surface area contributed by atoms with E-state index in [9.17, 15) is 9.59 Å². The van der Waals surface area contributed by atoms with Crippen LogP contribution in [0.1, 0.15) is 13.3 Å². The van der Waals surface area contributed by atoms with E-state index in [0.29, 0.717) is 6.42 Å². The lowest BCUT2D eigenvalue weighted by molar-refractivity contribution is -0.131. The fraction of sp³-hybridized carbons (Fsp3) is 0.333. The van der Waals surface area contributed by atoms with Gasteiger partial charge in [-0.2, -0.15) is 0 Å². The molecule has 2 rings (SSSR count). The molecule has 1 atom stereocenters. The van der Waals surface area contributed by atoms with Crippen molar-refractivity contribution >= 4 is 33.4 Å². The van der Waals surface area contributed by atoms with Gasteiger partial charge in [-0.05, 0) is 24.6 Å². The highest BCUT2D eigenvalue weighted by Crippen LogP contribution is 2.24. The van der Waals surface area contributed by atoms with Crippen molar-refractivity contribution in [2.75, 3.05) is 11.4 Å². The molecule has 5 heteroatoms. The Kier molecular flexibility index (Phi) is 3.47. The minimum Gasteiger partial charge on any atom is -0.345 e. The highest BCUT2D eigenvalue weighted by Gasteiger charge is 2.34. The van der Waals surface area contributed by atoms with E-state index in [-0.39, 0.29) is 18.4 Å². The minimum atomic E-state index is -0.412. The Morgan fingerprint density at radius 3 is 2.88 bits per heavy atom. The summed E-state index contributed by atoms with van der Waals surface area (Å²) in [5.74, 6) is -0.165. The Morgan fingerprint density at radius 2 is 2.24 bits per heavy atom. The topological polar surface area (TPSA) is 49.4 Å². The first kappa shape index (κ1) is 12.1. The third-order valence-corrected chi connectivity index (χ3v) is 3.26. The molecular formula is C12H13BrN2O2. The van der Waals surface area contributed by atoms with Gasteiger partial charge < -0.3 is 5.32 Å². The molecule has 1 heterocycles. The summed E-state index contributed by atoms with van der Waals surface area (Å²) in [4.78, 5) is 25.2. The maximum Gasteiger partial charge on any atom is 0.247 e. The van der Waals surface area contributed by atoms with Crippen LogP contribution in [0.25, 0.3) is 0 Å². The molecule has 90 valence electrons. The predicted molar refractivity (Wildman–Crippen MR) is 68.7 cm³/mol. The van der Waals surface area contributed by atoms with Gasteiger partial charge in [-0.1, -0.05) is 28.9 Å². The van der Waals surface area contributed by atoms with Crippen LogP contribution in [0.5, 0.6) is 0 Å².